The number of nitrogens with zero attached hydrogens (tertiary/aromatic N) is 2. The number of benzene rings is 5. The largest absolute Gasteiger partial charge is 0.494 e. The van der Waals surface area contributed by atoms with E-state index in [0.717, 1.165) is 38.2 Å². The number of hydrogen-bond acceptors (Lipinski definition) is 7. The van der Waals surface area contributed by atoms with Crippen LogP contribution in [-0.4, -0.2) is 23.8 Å². The number of allylic oxidation sites excluding steroid dienone is 1. The van der Waals surface area contributed by atoms with Crippen molar-refractivity contribution in [3.05, 3.63) is 151 Å². The molecule has 0 N–H and O–H groups in total. The van der Waals surface area contributed by atoms with Crippen molar-refractivity contribution in [2.45, 2.75) is 33.4 Å². The predicted octanol–water partition coefficient (Wildman–Crippen LogP) is 7.08. The molecule has 0 spiro atoms. The van der Waals surface area contributed by atoms with Crippen LogP contribution in [0.3, 0.4) is 0 Å². The Hall–Kier alpha value is -5.47. The summed E-state index contributed by atoms with van der Waals surface area (Å²) in [5.74, 6) is 0.878. The lowest BCUT2D eigenvalue weighted by atomic mass is 9.96. The van der Waals surface area contributed by atoms with E-state index in [9.17, 15) is 9.59 Å². The molecule has 7 rings (SSSR count). The van der Waals surface area contributed by atoms with Gasteiger partial charge in [-0.2, -0.15) is 0 Å². The van der Waals surface area contributed by atoms with Gasteiger partial charge in [-0.15, -0.1) is 0 Å². The van der Waals surface area contributed by atoms with Gasteiger partial charge in [-0.1, -0.05) is 96.3 Å². The molecule has 8 heteroatoms. The Morgan fingerprint density at radius 2 is 1.54 bits per heavy atom. The number of fused-ring (bicyclic) bond motifs is 3. The van der Waals surface area contributed by atoms with Crippen molar-refractivity contribution in [3.63, 3.8) is 0 Å². The third-order valence-electron chi connectivity index (χ3n) is 8.49. The minimum Gasteiger partial charge on any atom is -0.494 e. The number of hydrogen-bond donors (Lipinski definition) is 0. The zero-order chi connectivity index (χ0) is 33.2. The van der Waals surface area contributed by atoms with Gasteiger partial charge in [0.05, 0.1) is 35.1 Å². The molecule has 0 saturated carbocycles. The highest BCUT2D eigenvalue weighted by atomic mass is 32.1. The van der Waals surface area contributed by atoms with Crippen molar-refractivity contribution >= 4 is 44.9 Å². The van der Waals surface area contributed by atoms with Crippen molar-refractivity contribution in [2.24, 2.45) is 4.99 Å². The Labute approximate surface area is 281 Å². The van der Waals surface area contributed by atoms with Gasteiger partial charge in [-0.05, 0) is 77.7 Å². The molecule has 48 heavy (non-hydrogen) atoms. The second kappa shape index (κ2) is 13.3. The number of carbonyl (C=O) groups excluding carboxylic acids is 1. The third-order valence-corrected chi connectivity index (χ3v) is 9.48. The maximum atomic E-state index is 14.4. The van der Waals surface area contributed by atoms with Crippen molar-refractivity contribution in [3.8, 4) is 11.5 Å². The van der Waals surface area contributed by atoms with Crippen LogP contribution < -0.4 is 24.4 Å². The summed E-state index contributed by atoms with van der Waals surface area (Å²) in [4.78, 5) is 33.0. The molecule has 0 fully saturated rings. The van der Waals surface area contributed by atoms with Gasteiger partial charge in [0.15, 0.2) is 4.80 Å². The minimum absolute atomic E-state index is 0.207. The van der Waals surface area contributed by atoms with Gasteiger partial charge in [0.2, 0.25) is 0 Å². The van der Waals surface area contributed by atoms with Gasteiger partial charge in [-0.25, -0.2) is 9.79 Å². The predicted molar refractivity (Wildman–Crippen MR) is 190 cm³/mol. The van der Waals surface area contributed by atoms with Crippen LogP contribution in [0.5, 0.6) is 11.5 Å². The first kappa shape index (κ1) is 31.1. The van der Waals surface area contributed by atoms with Crippen molar-refractivity contribution < 1.29 is 19.0 Å². The van der Waals surface area contributed by atoms with E-state index in [0.29, 0.717) is 45.3 Å². The van der Waals surface area contributed by atoms with Gasteiger partial charge >= 0.3 is 5.97 Å². The topological polar surface area (TPSA) is 79.1 Å². The second-order valence-electron chi connectivity index (χ2n) is 11.4. The summed E-state index contributed by atoms with van der Waals surface area (Å²) in [6.07, 6.45) is 1.89. The van der Waals surface area contributed by atoms with Crippen molar-refractivity contribution in [1.29, 1.82) is 0 Å². The van der Waals surface area contributed by atoms with Crippen LogP contribution in [0.1, 0.15) is 43.5 Å². The molecule has 240 valence electrons. The van der Waals surface area contributed by atoms with Gasteiger partial charge in [0.25, 0.3) is 5.56 Å². The van der Waals surface area contributed by atoms with E-state index in [4.69, 9.17) is 19.2 Å². The van der Waals surface area contributed by atoms with Crippen LogP contribution in [0.25, 0.3) is 27.6 Å². The standard InChI is InChI=1S/C40H34N2O5S/c1-4-45-30-20-17-28(18-21-30)37-36(39(44)46-5-2)25(3)41-40-42(37)38(43)35(48-40)23-33-32-16-9-7-12-27(32)19-22-34(33)47-24-29-14-10-13-26-11-6-8-15-31(26)29/h6-23,37H,4-5,24H2,1-3H3/b35-23-/t37-/m1/s1. The molecule has 0 bridgehead atoms. The van der Waals surface area contributed by atoms with Gasteiger partial charge < -0.3 is 14.2 Å². The monoisotopic (exact) mass is 654 g/mol. The van der Waals surface area contributed by atoms with E-state index in [1.54, 1.807) is 18.4 Å². The molecule has 0 aliphatic carbocycles. The zero-order valence-electron chi connectivity index (χ0n) is 26.9. The third kappa shape index (κ3) is 5.80. The molecule has 0 saturated heterocycles. The summed E-state index contributed by atoms with van der Waals surface area (Å²) < 4.78 is 19.7. The van der Waals surface area contributed by atoms with Crippen molar-refractivity contribution in [2.75, 3.05) is 13.2 Å². The minimum atomic E-state index is -0.715. The maximum absolute atomic E-state index is 14.4. The van der Waals surface area contributed by atoms with Crippen LogP contribution in [0.15, 0.2) is 124 Å². The fourth-order valence-corrected chi connectivity index (χ4v) is 7.30. The lowest BCUT2D eigenvalue weighted by Crippen LogP contribution is -2.39. The summed E-state index contributed by atoms with van der Waals surface area (Å²) in [5.41, 5.74) is 3.24. The van der Waals surface area contributed by atoms with E-state index in [2.05, 4.69) is 24.3 Å². The average molecular weight is 655 g/mol. The second-order valence-corrected chi connectivity index (χ2v) is 12.4. The molecule has 0 unspecified atom stereocenters. The van der Waals surface area contributed by atoms with E-state index < -0.39 is 12.0 Å². The van der Waals surface area contributed by atoms with Crippen molar-refractivity contribution in [1.82, 2.24) is 4.57 Å². The first-order chi connectivity index (χ1) is 23.5. The molecule has 1 atom stereocenters. The SMILES string of the molecule is CCOC(=O)C1=C(C)N=c2s/c(=C\c3c(OCc4cccc5ccccc45)ccc4ccccc34)c(=O)n2[C@@H]1c1ccc(OCC)cc1. The number of carbonyl (C=O) groups is 1. The molecular formula is C40H34N2O5S. The summed E-state index contributed by atoms with van der Waals surface area (Å²) in [6, 6.07) is 33.3. The highest BCUT2D eigenvalue weighted by Crippen LogP contribution is 2.33. The molecule has 1 aliphatic heterocycles. The summed E-state index contributed by atoms with van der Waals surface area (Å²) in [5, 5.41) is 4.28. The molecule has 1 aromatic heterocycles. The summed E-state index contributed by atoms with van der Waals surface area (Å²) in [6.45, 7) is 6.57. The van der Waals surface area contributed by atoms with Gasteiger partial charge in [0.1, 0.15) is 18.1 Å². The number of ether oxygens (including phenoxy) is 3. The van der Waals surface area contributed by atoms with Gasteiger partial charge in [-0.3, -0.25) is 9.36 Å². The first-order valence-corrected chi connectivity index (χ1v) is 16.8. The molecular weight excluding hydrogens is 621 g/mol. The molecule has 2 heterocycles. The molecule has 1 aliphatic rings. The normalized spacial score (nSPS) is 14.6. The molecule has 0 radical (unpaired) electrons. The van der Waals surface area contributed by atoms with Crippen LogP contribution >= 0.6 is 11.3 Å². The number of rotatable bonds is 9. The van der Waals surface area contributed by atoms with Gasteiger partial charge in [0, 0.05) is 5.56 Å². The quantitative estimate of drug-likeness (QED) is 0.156. The lowest BCUT2D eigenvalue weighted by Gasteiger charge is -2.24. The van der Waals surface area contributed by atoms with Crippen LogP contribution in [0, 0.1) is 0 Å². The Bertz CT molecular complexity index is 2380. The Balaban J connectivity index is 1.37. The Morgan fingerprint density at radius 3 is 2.29 bits per heavy atom. The number of aromatic nitrogens is 1. The Kier molecular flexibility index (Phi) is 8.65. The molecule has 5 aromatic carbocycles. The van der Waals surface area contributed by atoms with Crippen LogP contribution in [0.2, 0.25) is 0 Å². The highest BCUT2D eigenvalue weighted by molar-refractivity contribution is 7.07. The van der Waals surface area contributed by atoms with E-state index in [-0.39, 0.29) is 12.2 Å². The summed E-state index contributed by atoms with van der Waals surface area (Å²) in [7, 11) is 0. The lowest BCUT2D eigenvalue weighted by molar-refractivity contribution is -0.139. The molecule has 0 amide bonds. The fourth-order valence-electron chi connectivity index (χ4n) is 6.28. The van der Waals surface area contributed by atoms with Crippen LogP contribution in [-0.2, 0) is 16.1 Å². The molecule has 7 nitrogen and oxygen atoms in total. The summed E-state index contributed by atoms with van der Waals surface area (Å²) >= 11 is 1.29. The maximum Gasteiger partial charge on any atom is 0.338 e. The number of esters is 1. The molecule has 6 aromatic rings. The van der Waals surface area contributed by atoms with E-state index in [1.807, 2.05) is 91.9 Å². The average Bonchev–Trinajstić information content (AvgIpc) is 3.41. The van der Waals surface area contributed by atoms with E-state index >= 15 is 0 Å². The highest BCUT2D eigenvalue weighted by Gasteiger charge is 2.33. The Morgan fingerprint density at radius 1 is 0.833 bits per heavy atom. The smallest absolute Gasteiger partial charge is 0.338 e. The van der Waals surface area contributed by atoms with E-state index in [1.165, 1.54) is 11.3 Å². The zero-order valence-corrected chi connectivity index (χ0v) is 27.8. The number of thiazole rings is 1. The first-order valence-electron chi connectivity index (χ1n) is 16.0. The van der Waals surface area contributed by atoms with Crippen LogP contribution in [0.4, 0.5) is 0 Å². The fraction of sp³-hybridized carbons (Fsp3) is 0.175.